The van der Waals surface area contributed by atoms with Gasteiger partial charge in [0.15, 0.2) is 0 Å². The molecule has 2 aromatic carbocycles. The van der Waals surface area contributed by atoms with Crippen LogP contribution in [0.25, 0.3) is 6.08 Å². The molecule has 1 aliphatic carbocycles. The molecule has 2 aliphatic rings. The highest BCUT2D eigenvalue weighted by Gasteiger charge is 2.39. The molecule has 2 aromatic rings. The lowest BCUT2D eigenvalue weighted by Gasteiger charge is -2.16. The number of carbonyl (C=O) groups is 4. The van der Waals surface area contributed by atoms with E-state index in [1.807, 2.05) is 0 Å². The second-order valence-corrected chi connectivity index (χ2v) is 10.2. The van der Waals surface area contributed by atoms with Crippen molar-refractivity contribution < 1.29 is 23.9 Å². The Bertz CT molecular complexity index is 1340. The molecule has 1 aliphatic heterocycles. The average Bonchev–Trinajstić information content (AvgIpc) is 3.17. The van der Waals surface area contributed by atoms with E-state index in [1.54, 1.807) is 50.2 Å². The van der Waals surface area contributed by atoms with Crippen LogP contribution in [0.4, 0.5) is 11.4 Å². The number of imide groups is 1. The number of benzene rings is 2. The zero-order valence-corrected chi connectivity index (χ0v) is 24.3. The molecule has 7 nitrogen and oxygen atoms in total. The summed E-state index contributed by atoms with van der Waals surface area (Å²) in [7, 11) is 0. The van der Waals surface area contributed by atoms with Crippen molar-refractivity contribution in [2.75, 3.05) is 16.8 Å². The first-order chi connectivity index (χ1) is 18.6. The highest BCUT2D eigenvalue weighted by atomic mass is 35.5. The van der Waals surface area contributed by atoms with E-state index in [2.05, 4.69) is 5.32 Å². The van der Waals surface area contributed by atoms with E-state index in [1.165, 1.54) is 11.0 Å². The van der Waals surface area contributed by atoms with Crippen LogP contribution in [-0.2, 0) is 23.9 Å². The lowest BCUT2D eigenvalue weighted by Crippen LogP contribution is -2.31. The molecular weight excluding hydrogens is 586 g/mol. The van der Waals surface area contributed by atoms with E-state index in [0.29, 0.717) is 62.4 Å². The largest absolute Gasteiger partial charge is 0.462 e. The standard InChI is InChI=1S/C19H17Cl2NO4.C9H9Cl2NO/c1-2-26-19(25)16(21)10-11-9-12(7-8-15(11)20)22-17(23)13-5-3-4-6-14(13)18(22)24;1-2-9(13)12-6-3-4-7(10)8(11)5-6/h7-10H,2-6H2,1H3;3-5H,2H2,1H3,(H,12,13)/b16-10-;. The Hall–Kier alpha value is -2.84. The molecule has 0 saturated carbocycles. The third kappa shape index (κ3) is 7.63. The van der Waals surface area contributed by atoms with E-state index in [9.17, 15) is 19.2 Å². The van der Waals surface area contributed by atoms with Gasteiger partial charge in [-0.1, -0.05) is 53.3 Å². The van der Waals surface area contributed by atoms with E-state index < -0.39 is 5.97 Å². The third-order valence-corrected chi connectivity index (χ3v) is 7.25. The van der Waals surface area contributed by atoms with Crippen LogP contribution in [0.5, 0.6) is 0 Å². The number of hydrogen-bond donors (Lipinski definition) is 1. The first-order valence-electron chi connectivity index (χ1n) is 12.3. The minimum Gasteiger partial charge on any atom is -0.462 e. The topological polar surface area (TPSA) is 92.8 Å². The van der Waals surface area contributed by atoms with Gasteiger partial charge in [-0.15, -0.1) is 0 Å². The maximum Gasteiger partial charge on any atom is 0.349 e. The molecule has 0 bridgehead atoms. The fraction of sp³-hybridized carbons (Fsp3) is 0.286. The normalized spacial score (nSPS) is 15.0. The van der Waals surface area contributed by atoms with Gasteiger partial charge in [0, 0.05) is 28.3 Å². The molecule has 0 saturated heterocycles. The fourth-order valence-electron chi connectivity index (χ4n) is 3.97. The fourth-order valence-corrected chi connectivity index (χ4v) is 4.62. The summed E-state index contributed by atoms with van der Waals surface area (Å²) in [4.78, 5) is 49.2. The summed E-state index contributed by atoms with van der Waals surface area (Å²) in [5, 5.41) is 3.80. The van der Waals surface area contributed by atoms with Crippen LogP contribution < -0.4 is 10.2 Å². The summed E-state index contributed by atoms with van der Waals surface area (Å²) >= 11 is 23.6. The van der Waals surface area contributed by atoms with Gasteiger partial charge < -0.3 is 10.1 Å². The molecule has 0 unspecified atom stereocenters. The number of rotatable bonds is 6. The smallest absolute Gasteiger partial charge is 0.349 e. The number of carbonyl (C=O) groups excluding carboxylic acids is 4. The zero-order chi connectivity index (χ0) is 28.7. The second kappa shape index (κ2) is 14.0. The van der Waals surface area contributed by atoms with Crippen molar-refractivity contribution in [1.29, 1.82) is 0 Å². The van der Waals surface area contributed by atoms with Crippen molar-refractivity contribution in [3.05, 3.63) is 73.2 Å². The second-order valence-electron chi connectivity index (χ2n) is 8.56. The van der Waals surface area contributed by atoms with Gasteiger partial charge in [-0.2, -0.15) is 0 Å². The highest BCUT2D eigenvalue weighted by molar-refractivity contribution is 6.44. The summed E-state index contributed by atoms with van der Waals surface area (Å²) in [5.41, 5.74) is 2.71. The monoisotopic (exact) mass is 610 g/mol. The van der Waals surface area contributed by atoms with Gasteiger partial charge in [0.25, 0.3) is 11.8 Å². The minimum atomic E-state index is -0.666. The van der Waals surface area contributed by atoms with Gasteiger partial charge in [0.05, 0.1) is 22.3 Å². The quantitative estimate of drug-likeness (QED) is 0.207. The van der Waals surface area contributed by atoms with Gasteiger partial charge >= 0.3 is 5.97 Å². The number of halogens is 4. The van der Waals surface area contributed by atoms with E-state index in [0.717, 1.165) is 12.8 Å². The summed E-state index contributed by atoms with van der Waals surface area (Å²) in [6.07, 6.45) is 4.89. The lowest BCUT2D eigenvalue weighted by molar-refractivity contribution is -0.137. The van der Waals surface area contributed by atoms with Crippen molar-refractivity contribution in [3.8, 4) is 0 Å². The predicted octanol–water partition coefficient (Wildman–Crippen LogP) is 7.57. The summed E-state index contributed by atoms with van der Waals surface area (Å²) in [6, 6.07) is 9.72. The number of nitrogens with zero attached hydrogens (tertiary/aromatic N) is 1. The average molecular weight is 612 g/mol. The molecule has 0 spiro atoms. The number of ether oxygens (including phenoxy) is 1. The van der Waals surface area contributed by atoms with E-state index in [-0.39, 0.29) is 29.4 Å². The SMILES string of the molecule is CCC(=O)Nc1ccc(Cl)c(Cl)c1.CCOC(=O)/C(Cl)=C/c1cc(N2C(=O)C3=C(CCCC3)C2=O)ccc1Cl. The van der Waals surface area contributed by atoms with Crippen LogP contribution in [0.1, 0.15) is 51.5 Å². The van der Waals surface area contributed by atoms with Crippen molar-refractivity contribution >= 4 is 87.5 Å². The van der Waals surface area contributed by atoms with Gasteiger partial charge in [0.2, 0.25) is 5.91 Å². The van der Waals surface area contributed by atoms with Gasteiger partial charge in [-0.25, -0.2) is 9.69 Å². The van der Waals surface area contributed by atoms with Crippen LogP contribution in [0.2, 0.25) is 15.1 Å². The Morgan fingerprint density at radius 2 is 1.54 bits per heavy atom. The molecule has 39 heavy (non-hydrogen) atoms. The number of anilines is 2. The molecule has 1 heterocycles. The molecule has 0 atom stereocenters. The molecule has 1 N–H and O–H groups in total. The Labute approximate surface area is 246 Å². The first-order valence-corrected chi connectivity index (χ1v) is 13.8. The van der Waals surface area contributed by atoms with Crippen LogP contribution in [0.15, 0.2) is 52.6 Å². The minimum absolute atomic E-state index is 0.0432. The van der Waals surface area contributed by atoms with Crippen LogP contribution in [0, 0.1) is 0 Å². The molecule has 0 radical (unpaired) electrons. The van der Waals surface area contributed by atoms with Gasteiger partial charge in [0.1, 0.15) is 5.03 Å². The van der Waals surface area contributed by atoms with Crippen molar-refractivity contribution in [3.63, 3.8) is 0 Å². The van der Waals surface area contributed by atoms with Crippen molar-refractivity contribution in [1.82, 2.24) is 0 Å². The Morgan fingerprint density at radius 1 is 0.923 bits per heavy atom. The molecular formula is C28H26Cl4N2O5. The first kappa shape index (κ1) is 30.7. The molecule has 4 rings (SSSR count). The third-order valence-electron chi connectivity index (χ3n) is 5.91. The molecule has 3 amide bonds. The van der Waals surface area contributed by atoms with Gasteiger partial charge in [-0.3, -0.25) is 14.4 Å². The van der Waals surface area contributed by atoms with Crippen molar-refractivity contribution in [2.24, 2.45) is 0 Å². The summed E-state index contributed by atoms with van der Waals surface area (Å²) in [5.74, 6) is -1.27. The lowest BCUT2D eigenvalue weighted by atomic mass is 9.93. The zero-order valence-electron chi connectivity index (χ0n) is 21.3. The van der Waals surface area contributed by atoms with Gasteiger partial charge in [-0.05, 0) is 80.6 Å². The highest BCUT2D eigenvalue weighted by Crippen LogP contribution is 2.37. The number of nitrogens with one attached hydrogen (secondary N) is 1. The maximum absolute atomic E-state index is 12.7. The maximum atomic E-state index is 12.7. The van der Waals surface area contributed by atoms with Crippen molar-refractivity contribution in [2.45, 2.75) is 46.0 Å². The number of amides is 3. The Balaban J connectivity index is 0.000000272. The Morgan fingerprint density at radius 3 is 2.10 bits per heavy atom. The van der Waals surface area contributed by atoms with E-state index >= 15 is 0 Å². The number of hydrogen-bond acceptors (Lipinski definition) is 5. The molecule has 0 fully saturated rings. The van der Waals surface area contributed by atoms with E-state index in [4.69, 9.17) is 51.1 Å². The van der Waals surface area contributed by atoms with Crippen LogP contribution in [0.3, 0.4) is 0 Å². The Kier molecular flexibility index (Phi) is 11.0. The molecule has 11 heteroatoms. The molecule has 206 valence electrons. The summed E-state index contributed by atoms with van der Waals surface area (Å²) < 4.78 is 4.84. The number of esters is 1. The van der Waals surface area contributed by atoms with Crippen LogP contribution >= 0.6 is 46.4 Å². The summed E-state index contributed by atoms with van der Waals surface area (Å²) in [6.45, 7) is 3.66. The van der Waals surface area contributed by atoms with Crippen LogP contribution in [-0.4, -0.2) is 30.3 Å². The predicted molar refractivity (Wildman–Crippen MR) is 155 cm³/mol. The molecule has 0 aromatic heterocycles.